The van der Waals surface area contributed by atoms with Gasteiger partial charge in [-0.3, -0.25) is 14.4 Å². The van der Waals surface area contributed by atoms with Crippen LogP contribution in [-0.2, 0) is 19.1 Å². The first kappa shape index (κ1) is 22.7. The molecule has 0 bridgehead atoms. The number of benzene rings is 1. The van der Waals surface area contributed by atoms with Crippen molar-refractivity contribution >= 4 is 17.7 Å². The Morgan fingerprint density at radius 2 is 1.63 bits per heavy atom. The number of hydrogen-bond acceptors (Lipinski definition) is 5. The van der Waals surface area contributed by atoms with Gasteiger partial charge in [0.15, 0.2) is 6.61 Å². The van der Waals surface area contributed by atoms with Crippen LogP contribution in [0, 0.1) is 23.0 Å². The maximum atomic E-state index is 13.6. The standard InChI is InChI=1S/C20H26F2O5/c1-19(2,3)14(10-17(24)27-20(4,5)6)18(25)26-11-16(23)13-9-12(21)7-8-15(13)22/h7-9,14H,10-11H2,1-6H3/t14-/m0/s1. The molecule has 0 aromatic heterocycles. The third-order valence-electron chi connectivity index (χ3n) is 3.70. The highest BCUT2D eigenvalue weighted by molar-refractivity contribution is 5.98. The highest BCUT2D eigenvalue weighted by Crippen LogP contribution is 2.31. The van der Waals surface area contributed by atoms with Gasteiger partial charge in [0, 0.05) is 0 Å². The minimum absolute atomic E-state index is 0.220. The van der Waals surface area contributed by atoms with Gasteiger partial charge in [-0.15, -0.1) is 0 Å². The molecule has 0 unspecified atom stereocenters. The molecule has 1 atom stereocenters. The molecule has 0 N–H and O–H groups in total. The summed E-state index contributed by atoms with van der Waals surface area (Å²) in [5, 5.41) is 0. The second kappa shape index (κ2) is 8.59. The van der Waals surface area contributed by atoms with E-state index >= 15 is 0 Å². The first-order valence-electron chi connectivity index (χ1n) is 8.57. The first-order valence-corrected chi connectivity index (χ1v) is 8.57. The summed E-state index contributed by atoms with van der Waals surface area (Å²) in [6, 6.07) is 2.45. The van der Waals surface area contributed by atoms with Gasteiger partial charge in [-0.2, -0.15) is 0 Å². The predicted molar refractivity (Wildman–Crippen MR) is 95.1 cm³/mol. The number of carbonyl (C=O) groups excluding carboxylic acids is 3. The van der Waals surface area contributed by atoms with Crippen molar-refractivity contribution < 1.29 is 32.6 Å². The number of hydrogen-bond donors (Lipinski definition) is 0. The van der Waals surface area contributed by atoms with Crippen molar-refractivity contribution in [2.45, 2.75) is 53.6 Å². The Hall–Kier alpha value is -2.31. The van der Waals surface area contributed by atoms with Crippen molar-refractivity contribution in [3.05, 3.63) is 35.4 Å². The van der Waals surface area contributed by atoms with Gasteiger partial charge < -0.3 is 9.47 Å². The van der Waals surface area contributed by atoms with Gasteiger partial charge in [-0.25, -0.2) is 8.78 Å². The van der Waals surface area contributed by atoms with Gasteiger partial charge in [-0.1, -0.05) is 20.8 Å². The van der Waals surface area contributed by atoms with Gasteiger partial charge in [0.25, 0.3) is 0 Å². The summed E-state index contributed by atoms with van der Waals surface area (Å²) in [6.07, 6.45) is -0.220. The maximum absolute atomic E-state index is 13.6. The first-order chi connectivity index (χ1) is 12.2. The largest absolute Gasteiger partial charge is 0.460 e. The lowest BCUT2D eigenvalue weighted by Crippen LogP contribution is -2.35. The lowest BCUT2D eigenvalue weighted by molar-refractivity contribution is -0.164. The maximum Gasteiger partial charge on any atom is 0.310 e. The van der Waals surface area contributed by atoms with E-state index in [0.717, 1.165) is 18.2 Å². The molecule has 5 nitrogen and oxygen atoms in total. The minimum Gasteiger partial charge on any atom is -0.460 e. The number of ether oxygens (including phenoxy) is 2. The SMILES string of the molecule is CC(C)(C)OC(=O)C[C@@H](C(=O)OCC(=O)c1cc(F)ccc1F)C(C)(C)C. The molecule has 0 saturated carbocycles. The summed E-state index contributed by atoms with van der Waals surface area (Å²) in [6.45, 7) is 9.62. The van der Waals surface area contributed by atoms with Crippen LogP contribution >= 0.6 is 0 Å². The zero-order valence-corrected chi connectivity index (χ0v) is 16.5. The van der Waals surface area contributed by atoms with Crippen LogP contribution in [0.25, 0.3) is 0 Å². The molecular formula is C20H26F2O5. The second-order valence-electron chi connectivity index (χ2n) is 8.36. The van der Waals surface area contributed by atoms with E-state index in [4.69, 9.17) is 9.47 Å². The molecule has 0 spiro atoms. The Balaban J connectivity index is 2.81. The highest BCUT2D eigenvalue weighted by Gasteiger charge is 2.36. The molecule has 7 heteroatoms. The molecule has 27 heavy (non-hydrogen) atoms. The summed E-state index contributed by atoms with van der Waals surface area (Å²) in [5.41, 5.74) is -1.84. The second-order valence-corrected chi connectivity index (χ2v) is 8.36. The Labute approximate surface area is 158 Å². The van der Waals surface area contributed by atoms with E-state index < -0.39 is 58.5 Å². The summed E-state index contributed by atoms with van der Waals surface area (Å²) < 4.78 is 37.0. The van der Waals surface area contributed by atoms with Crippen molar-refractivity contribution in [3.8, 4) is 0 Å². The van der Waals surface area contributed by atoms with Gasteiger partial charge in [0.1, 0.15) is 17.2 Å². The number of carbonyl (C=O) groups is 3. The molecule has 0 saturated heterocycles. The topological polar surface area (TPSA) is 69.7 Å². The Morgan fingerprint density at radius 1 is 1.04 bits per heavy atom. The Morgan fingerprint density at radius 3 is 2.15 bits per heavy atom. The van der Waals surface area contributed by atoms with E-state index in [1.165, 1.54) is 0 Å². The summed E-state index contributed by atoms with van der Waals surface area (Å²) >= 11 is 0. The van der Waals surface area contributed by atoms with Crippen LogP contribution in [-0.4, -0.2) is 29.9 Å². The molecule has 0 heterocycles. The zero-order chi connectivity index (χ0) is 21.0. The van der Waals surface area contributed by atoms with E-state index in [1.54, 1.807) is 41.5 Å². The molecule has 150 valence electrons. The molecule has 0 fully saturated rings. The van der Waals surface area contributed by atoms with Crippen LogP contribution in [0.5, 0.6) is 0 Å². The normalized spacial score (nSPS) is 13.0. The van der Waals surface area contributed by atoms with E-state index in [9.17, 15) is 23.2 Å². The quantitative estimate of drug-likeness (QED) is 0.546. The number of Topliss-reactive ketones (excluding diaryl/α,β-unsaturated/α-hetero) is 1. The van der Waals surface area contributed by atoms with Crippen molar-refractivity contribution in [2.24, 2.45) is 11.3 Å². The van der Waals surface area contributed by atoms with Crippen molar-refractivity contribution in [1.82, 2.24) is 0 Å². The average molecular weight is 384 g/mol. The van der Waals surface area contributed by atoms with Gasteiger partial charge in [-0.05, 0) is 44.4 Å². The Kier molecular flexibility index (Phi) is 7.23. The van der Waals surface area contributed by atoms with Gasteiger partial charge in [0.2, 0.25) is 5.78 Å². The van der Waals surface area contributed by atoms with Crippen molar-refractivity contribution in [1.29, 1.82) is 0 Å². The third kappa shape index (κ3) is 7.45. The highest BCUT2D eigenvalue weighted by atomic mass is 19.1. The van der Waals surface area contributed by atoms with Crippen molar-refractivity contribution in [2.75, 3.05) is 6.61 Å². The smallest absolute Gasteiger partial charge is 0.310 e. The minimum atomic E-state index is -0.904. The van der Waals surface area contributed by atoms with Gasteiger partial charge >= 0.3 is 11.9 Å². The lowest BCUT2D eigenvalue weighted by Gasteiger charge is -2.29. The van der Waals surface area contributed by atoms with Crippen molar-refractivity contribution in [3.63, 3.8) is 0 Å². The molecule has 1 rings (SSSR count). The number of esters is 2. The number of ketones is 1. The third-order valence-corrected chi connectivity index (χ3v) is 3.70. The van der Waals surface area contributed by atoms with E-state index in [2.05, 4.69) is 0 Å². The fourth-order valence-corrected chi connectivity index (χ4v) is 2.32. The molecular weight excluding hydrogens is 358 g/mol. The summed E-state index contributed by atoms with van der Waals surface area (Å²) in [4.78, 5) is 36.5. The van der Waals surface area contributed by atoms with Gasteiger partial charge in [0.05, 0.1) is 17.9 Å². The summed E-state index contributed by atoms with van der Waals surface area (Å²) in [5.74, 6) is -4.76. The molecule has 0 aliphatic heterocycles. The monoisotopic (exact) mass is 384 g/mol. The molecule has 0 aliphatic rings. The van der Waals surface area contributed by atoms with E-state index in [-0.39, 0.29) is 6.42 Å². The van der Waals surface area contributed by atoms with Crippen LogP contribution in [0.15, 0.2) is 18.2 Å². The molecule has 0 aliphatic carbocycles. The van der Waals surface area contributed by atoms with Crippen LogP contribution in [0.1, 0.15) is 58.3 Å². The number of rotatable bonds is 6. The number of halogens is 2. The molecule has 1 aromatic rings. The average Bonchev–Trinajstić information content (AvgIpc) is 2.49. The van der Waals surface area contributed by atoms with E-state index in [0.29, 0.717) is 0 Å². The fraction of sp³-hybridized carbons (Fsp3) is 0.550. The van der Waals surface area contributed by atoms with Crippen LogP contribution in [0.4, 0.5) is 8.78 Å². The lowest BCUT2D eigenvalue weighted by atomic mass is 9.79. The molecule has 1 aromatic carbocycles. The Bertz CT molecular complexity index is 714. The summed E-state index contributed by atoms with van der Waals surface area (Å²) in [7, 11) is 0. The van der Waals surface area contributed by atoms with E-state index in [1.807, 2.05) is 0 Å². The predicted octanol–water partition coefficient (Wildman–Crippen LogP) is 4.08. The van der Waals surface area contributed by atoms with Crippen LogP contribution in [0.2, 0.25) is 0 Å². The zero-order valence-electron chi connectivity index (χ0n) is 16.5. The molecule has 0 radical (unpaired) electrons. The van der Waals surface area contributed by atoms with Crippen LogP contribution < -0.4 is 0 Å². The fourth-order valence-electron chi connectivity index (χ4n) is 2.32. The van der Waals surface area contributed by atoms with Crippen LogP contribution in [0.3, 0.4) is 0 Å². The molecule has 0 amide bonds.